The predicted molar refractivity (Wildman–Crippen MR) is 120 cm³/mol. The van der Waals surface area contributed by atoms with E-state index in [0.717, 1.165) is 0 Å². The zero-order valence-electron chi connectivity index (χ0n) is 16.4. The topological polar surface area (TPSA) is 0 Å². The van der Waals surface area contributed by atoms with Crippen molar-refractivity contribution in [2.75, 3.05) is 0 Å². The Morgan fingerprint density at radius 1 is 0.583 bits per heavy atom. The molecule has 0 aliphatic heterocycles. The van der Waals surface area contributed by atoms with Crippen molar-refractivity contribution in [3.63, 3.8) is 0 Å². The van der Waals surface area contributed by atoms with Crippen molar-refractivity contribution < 1.29 is 0 Å². The van der Waals surface area contributed by atoms with Crippen molar-refractivity contribution in [1.29, 1.82) is 0 Å². The van der Waals surface area contributed by atoms with Gasteiger partial charge in [-0.3, -0.25) is 0 Å². The maximum absolute atomic E-state index is 2.52. The Kier molecular flexibility index (Phi) is 8.23. The van der Waals surface area contributed by atoms with Crippen LogP contribution in [0.25, 0.3) is 0 Å². The number of hydrogen-bond donors (Lipinski definition) is 0. The molecule has 0 radical (unpaired) electrons. The molecule has 0 atom stereocenters. The van der Waals surface area contributed by atoms with E-state index >= 15 is 0 Å². The summed E-state index contributed by atoms with van der Waals surface area (Å²) in [7, 11) is 0. The van der Waals surface area contributed by atoms with Crippen LogP contribution >= 0.6 is 22.7 Å². The van der Waals surface area contributed by atoms with E-state index in [1.54, 1.807) is 15.5 Å². The zero-order chi connectivity index (χ0) is 17.8. The fourth-order valence-corrected chi connectivity index (χ4v) is 15.8. The van der Waals surface area contributed by atoms with Gasteiger partial charge in [-0.25, -0.2) is 0 Å². The van der Waals surface area contributed by atoms with Crippen molar-refractivity contribution in [3.8, 4) is 0 Å². The van der Waals surface area contributed by atoms with Crippen LogP contribution in [0.5, 0.6) is 0 Å². The molecule has 0 fully saturated rings. The summed E-state index contributed by atoms with van der Waals surface area (Å²) in [5, 5.41) is 0. The molecule has 0 aliphatic carbocycles. The Labute approximate surface area is 165 Å². The predicted octanol–water partition coefficient (Wildman–Crippen LogP) is 6.25. The van der Waals surface area contributed by atoms with Gasteiger partial charge in [0, 0.05) is 0 Å². The second-order valence-electron chi connectivity index (χ2n) is 8.95. The molecule has 0 N–H and O–H groups in total. The van der Waals surface area contributed by atoms with E-state index < -0.39 is 36.8 Å². The van der Waals surface area contributed by atoms with Gasteiger partial charge in [0.1, 0.15) is 0 Å². The van der Waals surface area contributed by atoms with Crippen molar-refractivity contribution in [2.45, 2.75) is 68.2 Å². The minimum absolute atomic E-state index is 1.30. The summed E-state index contributed by atoms with van der Waals surface area (Å²) in [5.41, 5.74) is 0. The fourth-order valence-electron chi connectivity index (χ4n) is 2.78. The van der Waals surface area contributed by atoms with Crippen LogP contribution in [0.1, 0.15) is 35.4 Å². The van der Waals surface area contributed by atoms with Gasteiger partial charge in [0.25, 0.3) is 0 Å². The van der Waals surface area contributed by atoms with E-state index in [9.17, 15) is 0 Å². The second-order valence-corrected chi connectivity index (χ2v) is 42.1. The Morgan fingerprint density at radius 3 is 1.25 bits per heavy atom. The molecule has 0 amide bonds. The third-order valence-electron chi connectivity index (χ3n) is 4.40. The first-order valence-electron chi connectivity index (χ1n) is 9.34. The summed E-state index contributed by atoms with van der Waals surface area (Å²) >= 11 is 0.580. The van der Waals surface area contributed by atoms with Crippen LogP contribution in [0.15, 0.2) is 24.3 Å². The number of unbranched alkanes of at least 4 members (excludes halogenated alkanes) is 3. The molecule has 134 valence electrons. The molecule has 2 rings (SSSR count). The Balaban J connectivity index is 1.63. The quantitative estimate of drug-likeness (QED) is 0.245. The number of rotatable bonds is 9. The third kappa shape index (κ3) is 6.96. The first-order valence-corrected chi connectivity index (χ1v) is 31.0. The summed E-state index contributed by atoms with van der Waals surface area (Å²) < 4.78 is 3.47. The number of hydrogen-bond acceptors (Lipinski definition) is 2. The van der Waals surface area contributed by atoms with E-state index in [1.807, 2.05) is 0 Å². The SMILES string of the molecule is [CH3][Sn]([CH3])([CH3])[c]1ccc(CCCCCCc2cc[c]([Sn]([CH3])([CH3])[CH3])s2)s1. The Morgan fingerprint density at radius 2 is 0.958 bits per heavy atom. The molecule has 2 aromatic rings. The number of thiophene rings is 2. The minimum atomic E-state index is -1.82. The third-order valence-corrected chi connectivity index (χ3v) is 25.7. The second kappa shape index (κ2) is 9.27. The summed E-state index contributed by atoms with van der Waals surface area (Å²) in [6, 6.07) is 9.64. The van der Waals surface area contributed by atoms with Gasteiger partial charge >= 0.3 is 167 Å². The van der Waals surface area contributed by atoms with Gasteiger partial charge in [-0.15, -0.1) is 0 Å². The average molecular weight is 576 g/mol. The molecule has 24 heavy (non-hydrogen) atoms. The zero-order valence-corrected chi connectivity index (χ0v) is 23.7. The van der Waals surface area contributed by atoms with Crippen LogP contribution in [-0.4, -0.2) is 36.8 Å². The molecule has 0 aliphatic rings. The number of aryl methyl sites for hydroxylation is 2. The van der Waals surface area contributed by atoms with Gasteiger partial charge in [-0.2, -0.15) is 0 Å². The summed E-state index contributed by atoms with van der Waals surface area (Å²) in [4.78, 5) is 18.4. The first-order chi connectivity index (χ1) is 11.2. The van der Waals surface area contributed by atoms with Crippen LogP contribution < -0.4 is 5.79 Å². The van der Waals surface area contributed by atoms with E-state index in [1.165, 1.54) is 38.5 Å². The van der Waals surface area contributed by atoms with Gasteiger partial charge in [0.15, 0.2) is 0 Å². The van der Waals surface area contributed by atoms with Crippen molar-refractivity contribution in [1.82, 2.24) is 0 Å². The Hall–Kier alpha value is 0.997. The van der Waals surface area contributed by atoms with Gasteiger partial charge < -0.3 is 0 Å². The molecule has 0 spiro atoms. The molecule has 0 bridgehead atoms. The van der Waals surface area contributed by atoms with Crippen molar-refractivity contribution >= 4 is 65.2 Å². The van der Waals surface area contributed by atoms with Gasteiger partial charge in [-0.05, 0) is 0 Å². The van der Waals surface area contributed by atoms with Crippen LogP contribution in [0.4, 0.5) is 0 Å². The van der Waals surface area contributed by atoms with E-state index in [-0.39, 0.29) is 0 Å². The van der Waals surface area contributed by atoms with Crippen molar-refractivity contribution in [2.24, 2.45) is 0 Å². The average Bonchev–Trinajstić information content (AvgIpc) is 3.10. The van der Waals surface area contributed by atoms with Crippen LogP contribution in [0, 0.1) is 0 Å². The summed E-state index contributed by atoms with van der Waals surface area (Å²) in [6.07, 6.45) is 8.12. The maximum atomic E-state index is 2.52. The van der Waals surface area contributed by atoms with E-state index in [4.69, 9.17) is 0 Å². The summed E-state index contributed by atoms with van der Waals surface area (Å²) in [5.74, 6) is 0. The molecule has 2 heterocycles. The molecular formula is C20H34S2Sn2. The van der Waals surface area contributed by atoms with Gasteiger partial charge in [0.2, 0.25) is 0 Å². The first kappa shape index (κ1) is 21.3. The van der Waals surface area contributed by atoms with E-state index in [0.29, 0.717) is 0 Å². The fraction of sp³-hybridized carbons (Fsp3) is 0.600. The standard InChI is InChI=1S/C14H16S2.6CH3.2Sn/c1(3-7-13-9-5-11-15-13)2-4-8-14-10-6-12-16-14;;;;;;;;/h5-6,9-10H,1-4,7-8H2;6*1H3;;. The van der Waals surface area contributed by atoms with E-state index in [2.05, 4.69) is 76.6 Å². The van der Waals surface area contributed by atoms with Crippen LogP contribution in [0.3, 0.4) is 0 Å². The molecular weight excluding hydrogens is 542 g/mol. The van der Waals surface area contributed by atoms with Gasteiger partial charge in [-0.1, -0.05) is 0 Å². The molecule has 2 aromatic heterocycles. The van der Waals surface area contributed by atoms with Crippen LogP contribution in [-0.2, 0) is 12.8 Å². The molecule has 0 nitrogen and oxygen atoms in total. The van der Waals surface area contributed by atoms with Crippen LogP contribution in [0.2, 0.25) is 29.6 Å². The molecule has 0 aromatic carbocycles. The molecule has 4 heteroatoms. The molecule has 0 saturated carbocycles. The Bertz CT molecular complexity index is 570. The van der Waals surface area contributed by atoms with Gasteiger partial charge in [0.05, 0.1) is 0 Å². The summed E-state index contributed by atoms with van der Waals surface area (Å²) in [6.45, 7) is 0. The molecule has 0 saturated heterocycles. The monoisotopic (exact) mass is 578 g/mol. The van der Waals surface area contributed by atoms with Crippen molar-refractivity contribution in [3.05, 3.63) is 34.0 Å². The molecule has 0 unspecified atom stereocenters. The normalized spacial score (nSPS) is 12.8.